The predicted molar refractivity (Wildman–Crippen MR) is 126 cm³/mol. The van der Waals surface area contributed by atoms with Gasteiger partial charge in [-0.15, -0.1) is 11.3 Å². The number of thiophene rings is 1. The van der Waals surface area contributed by atoms with Gasteiger partial charge in [-0.25, -0.2) is 8.42 Å². The van der Waals surface area contributed by atoms with Gasteiger partial charge in [0.25, 0.3) is 5.91 Å². The van der Waals surface area contributed by atoms with Crippen LogP contribution in [-0.4, -0.2) is 26.6 Å². The molecule has 1 saturated heterocycles. The molecule has 5 nitrogen and oxygen atoms in total. The zero-order valence-electron chi connectivity index (χ0n) is 17.6. The minimum Gasteiger partial charge on any atom is -0.340 e. The first-order chi connectivity index (χ1) is 14.8. The van der Waals surface area contributed by atoms with Crippen molar-refractivity contribution in [3.05, 3.63) is 87.6 Å². The number of amides is 1. The zero-order valence-corrected chi connectivity index (χ0v) is 19.2. The summed E-state index contributed by atoms with van der Waals surface area (Å²) in [6, 6.07) is 18.9. The molecule has 0 spiro atoms. The second kappa shape index (κ2) is 8.85. The Hall–Kier alpha value is -2.64. The molecule has 0 radical (unpaired) electrons. The lowest BCUT2D eigenvalue weighted by Gasteiger charge is -2.20. The summed E-state index contributed by atoms with van der Waals surface area (Å²) in [5, 5.41) is 5.14. The minimum atomic E-state index is -3.29. The molecule has 7 heteroatoms. The van der Waals surface area contributed by atoms with Gasteiger partial charge in [0.2, 0.25) is 10.0 Å². The molecule has 1 N–H and O–H groups in total. The van der Waals surface area contributed by atoms with Crippen molar-refractivity contribution in [3.8, 4) is 0 Å². The van der Waals surface area contributed by atoms with E-state index in [4.69, 9.17) is 0 Å². The van der Waals surface area contributed by atoms with Crippen molar-refractivity contribution in [1.29, 1.82) is 0 Å². The summed E-state index contributed by atoms with van der Waals surface area (Å²) >= 11 is 1.59. The van der Waals surface area contributed by atoms with Gasteiger partial charge in [-0.1, -0.05) is 50.2 Å². The number of benzene rings is 2. The van der Waals surface area contributed by atoms with E-state index in [2.05, 4.69) is 43.4 Å². The monoisotopic (exact) mass is 454 g/mol. The molecule has 162 valence electrons. The average Bonchev–Trinajstić information content (AvgIpc) is 3.41. The summed E-state index contributed by atoms with van der Waals surface area (Å²) in [6.07, 6.45) is 0.603. The lowest BCUT2D eigenvalue weighted by Crippen LogP contribution is -2.29. The maximum absolute atomic E-state index is 13.2. The third-order valence-corrected chi connectivity index (χ3v) is 8.34. The highest BCUT2D eigenvalue weighted by Crippen LogP contribution is 2.29. The third-order valence-electron chi connectivity index (χ3n) is 5.54. The molecule has 1 amide bonds. The molecule has 0 aliphatic carbocycles. The summed E-state index contributed by atoms with van der Waals surface area (Å²) in [5.41, 5.74) is 3.25. The van der Waals surface area contributed by atoms with Crippen LogP contribution in [0.4, 0.5) is 5.69 Å². The van der Waals surface area contributed by atoms with Crippen LogP contribution in [-0.2, 0) is 10.0 Å². The first kappa shape index (κ1) is 21.6. The minimum absolute atomic E-state index is 0.149. The Morgan fingerprint density at radius 3 is 2.39 bits per heavy atom. The highest BCUT2D eigenvalue weighted by molar-refractivity contribution is 7.93. The van der Waals surface area contributed by atoms with Gasteiger partial charge in [-0.05, 0) is 53.1 Å². The number of carbonyl (C=O) groups excluding carboxylic acids is 1. The van der Waals surface area contributed by atoms with E-state index in [9.17, 15) is 13.2 Å². The number of nitrogens with zero attached hydrogens (tertiary/aromatic N) is 1. The van der Waals surface area contributed by atoms with Crippen LogP contribution in [0, 0.1) is 0 Å². The maximum atomic E-state index is 13.2. The molecule has 31 heavy (non-hydrogen) atoms. The van der Waals surface area contributed by atoms with Crippen LogP contribution < -0.4 is 9.62 Å². The molecule has 1 fully saturated rings. The van der Waals surface area contributed by atoms with Crippen molar-refractivity contribution < 1.29 is 13.2 Å². The Morgan fingerprint density at radius 2 is 1.77 bits per heavy atom. The van der Waals surface area contributed by atoms with Crippen molar-refractivity contribution in [1.82, 2.24) is 5.32 Å². The van der Waals surface area contributed by atoms with Crippen LogP contribution >= 0.6 is 11.3 Å². The smallest absolute Gasteiger partial charge is 0.252 e. The maximum Gasteiger partial charge on any atom is 0.252 e. The lowest BCUT2D eigenvalue weighted by atomic mass is 9.98. The molecule has 4 rings (SSSR count). The van der Waals surface area contributed by atoms with Gasteiger partial charge in [0.05, 0.1) is 17.5 Å². The summed E-state index contributed by atoms with van der Waals surface area (Å²) in [5.74, 6) is 0.356. The van der Waals surface area contributed by atoms with Crippen LogP contribution in [0.25, 0.3) is 0 Å². The molecule has 0 bridgehead atoms. The van der Waals surface area contributed by atoms with Crippen LogP contribution in [0.3, 0.4) is 0 Å². The Kier molecular flexibility index (Phi) is 6.16. The fourth-order valence-corrected chi connectivity index (χ4v) is 6.15. The topological polar surface area (TPSA) is 66.5 Å². The van der Waals surface area contributed by atoms with Gasteiger partial charge in [0.1, 0.15) is 0 Å². The summed E-state index contributed by atoms with van der Waals surface area (Å²) in [4.78, 5) is 14.2. The number of hydrogen-bond acceptors (Lipinski definition) is 4. The van der Waals surface area contributed by atoms with E-state index in [1.165, 1.54) is 9.87 Å². The quantitative estimate of drug-likeness (QED) is 0.574. The number of anilines is 1. The van der Waals surface area contributed by atoms with E-state index < -0.39 is 10.0 Å². The standard InChI is InChI=1S/C24H26N2O3S2/c1-17(2)18-9-11-19(12-10-18)23(22-8-4-14-30-22)25-24(27)20-6-3-7-21(16-20)26-13-5-15-31(26,28)29/h3-4,6-12,14,16-17,23H,5,13,15H2,1-2H3,(H,25,27). The third kappa shape index (κ3) is 4.67. The molecule has 1 unspecified atom stereocenters. The fourth-order valence-electron chi connectivity index (χ4n) is 3.79. The van der Waals surface area contributed by atoms with E-state index in [1.807, 2.05) is 17.5 Å². The van der Waals surface area contributed by atoms with Crippen molar-refractivity contribution in [2.45, 2.75) is 32.2 Å². The zero-order chi connectivity index (χ0) is 22.0. The SMILES string of the molecule is CC(C)c1ccc(C(NC(=O)c2cccc(N3CCCS3(=O)=O)c2)c2cccs2)cc1. The molecule has 1 aliphatic rings. The van der Waals surface area contributed by atoms with Crippen LogP contribution in [0.1, 0.15) is 58.6 Å². The second-order valence-corrected chi connectivity index (χ2v) is 11.0. The average molecular weight is 455 g/mol. The van der Waals surface area contributed by atoms with E-state index in [0.717, 1.165) is 10.4 Å². The molecule has 3 aromatic rings. The number of nitrogens with one attached hydrogen (secondary N) is 1. The van der Waals surface area contributed by atoms with Crippen LogP contribution in [0.15, 0.2) is 66.0 Å². The van der Waals surface area contributed by atoms with E-state index in [1.54, 1.807) is 35.6 Å². The molecule has 0 saturated carbocycles. The molecule has 1 aromatic heterocycles. The van der Waals surface area contributed by atoms with Gasteiger partial charge >= 0.3 is 0 Å². The first-order valence-electron chi connectivity index (χ1n) is 10.4. The highest BCUT2D eigenvalue weighted by Gasteiger charge is 2.29. The van der Waals surface area contributed by atoms with Gasteiger partial charge in [-0.3, -0.25) is 9.10 Å². The van der Waals surface area contributed by atoms with Gasteiger partial charge in [0.15, 0.2) is 0 Å². The Labute approximate surface area is 187 Å². The van der Waals surface area contributed by atoms with E-state index in [-0.39, 0.29) is 17.7 Å². The molecular formula is C24H26N2O3S2. The molecule has 1 aliphatic heterocycles. The van der Waals surface area contributed by atoms with Crippen molar-refractivity contribution >= 4 is 33.0 Å². The fraction of sp³-hybridized carbons (Fsp3) is 0.292. The molecular weight excluding hydrogens is 428 g/mol. The van der Waals surface area contributed by atoms with Gasteiger partial charge in [0, 0.05) is 17.0 Å². The van der Waals surface area contributed by atoms with Crippen molar-refractivity contribution in [2.75, 3.05) is 16.6 Å². The number of hydrogen-bond donors (Lipinski definition) is 1. The summed E-state index contributed by atoms with van der Waals surface area (Å²) in [7, 11) is -3.29. The number of carbonyl (C=O) groups is 1. The Bertz CT molecular complexity index is 1150. The van der Waals surface area contributed by atoms with Crippen molar-refractivity contribution in [2.24, 2.45) is 0 Å². The predicted octanol–water partition coefficient (Wildman–Crippen LogP) is 4.93. The first-order valence-corrected chi connectivity index (χ1v) is 12.9. The normalized spacial score (nSPS) is 16.4. The summed E-state index contributed by atoms with van der Waals surface area (Å²) < 4.78 is 25.9. The summed E-state index contributed by atoms with van der Waals surface area (Å²) in [6.45, 7) is 4.76. The van der Waals surface area contributed by atoms with Gasteiger partial charge in [-0.2, -0.15) is 0 Å². The van der Waals surface area contributed by atoms with Crippen LogP contribution in [0.5, 0.6) is 0 Å². The molecule has 2 heterocycles. The van der Waals surface area contributed by atoms with Crippen LogP contribution in [0.2, 0.25) is 0 Å². The number of rotatable bonds is 6. The molecule has 1 atom stereocenters. The van der Waals surface area contributed by atoms with E-state index in [0.29, 0.717) is 30.1 Å². The largest absolute Gasteiger partial charge is 0.340 e. The Balaban J connectivity index is 1.61. The molecule has 2 aromatic carbocycles. The van der Waals surface area contributed by atoms with Crippen molar-refractivity contribution in [3.63, 3.8) is 0 Å². The highest BCUT2D eigenvalue weighted by atomic mass is 32.2. The van der Waals surface area contributed by atoms with Gasteiger partial charge < -0.3 is 5.32 Å². The lowest BCUT2D eigenvalue weighted by molar-refractivity contribution is 0.0943. The Morgan fingerprint density at radius 1 is 1.03 bits per heavy atom. The second-order valence-electron chi connectivity index (χ2n) is 8.04. The number of sulfonamides is 1. The van der Waals surface area contributed by atoms with E-state index >= 15 is 0 Å².